The molecule has 3 amide bonds. The van der Waals surface area contributed by atoms with E-state index in [2.05, 4.69) is 64.7 Å². The molecule has 16 rings (SSSR count). The third kappa shape index (κ3) is 20.7. The van der Waals surface area contributed by atoms with E-state index in [9.17, 15) is 53.0 Å². The summed E-state index contributed by atoms with van der Waals surface area (Å²) in [5.74, 6) is 3.42. The maximum Gasteiger partial charge on any atom is 0.296 e. The van der Waals surface area contributed by atoms with Crippen molar-refractivity contribution in [3.8, 4) is 18.2 Å². The van der Waals surface area contributed by atoms with Gasteiger partial charge in [-0.2, -0.15) is 24.2 Å². The molecule has 0 saturated carbocycles. The zero-order chi connectivity index (χ0) is 83.9. The number of piperidine rings is 3. The minimum atomic E-state index is -3.66. The number of likely N-dealkylation sites (tertiary alicyclic amines) is 3. The van der Waals surface area contributed by atoms with Crippen LogP contribution in [0.25, 0.3) is 33.5 Å². The minimum absolute atomic E-state index is 0.0876. The van der Waals surface area contributed by atoms with Crippen LogP contribution in [0, 0.1) is 64.1 Å². The molecule has 6 aromatic heterocycles. The number of nitrogen functional groups attached to an aromatic ring is 2. The Kier molecular flexibility index (Phi) is 28.2. The van der Waals surface area contributed by atoms with Gasteiger partial charge in [-0.25, -0.2) is 39.9 Å². The van der Waals surface area contributed by atoms with Crippen LogP contribution >= 0.6 is 35.3 Å². The fourth-order valence-electron chi connectivity index (χ4n) is 14.7. The van der Waals surface area contributed by atoms with Gasteiger partial charge in [-0.3, -0.25) is 38.4 Å². The first-order chi connectivity index (χ1) is 56.8. The Balaban J connectivity index is 0.000000142. The summed E-state index contributed by atoms with van der Waals surface area (Å²) in [5, 5.41) is 38.7. The lowest BCUT2D eigenvalue weighted by Gasteiger charge is -2.29. The highest BCUT2D eigenvalue weighted by Gasteiger charge is 2.29. The highest BCUT2D eigenvalue weighted by atomic mass is 32.2. The summed E-state index contributed by atoms with van der Waals surface area (Å²) in [7, 11) is 4.24. The SMILES string of the molecule is C=C(N(C)C)N(C)C.Cc1ccc(S(=O)(=O)OCCC2CCN(C=O)CC2)cc1.N#Cc1cc2c(cc1Sc1nc3c(N)ncnc3n1CCC1CCN(C=O)CC1)CCC2=O.N#Cc1cc2c(cc1Sc1nc3c([nH]1)c(=N)ncn3CCC1CCN(C=O)CC1)CCC2=O.N#Cc1cc2c(cc1Sc1nc3ncnc(N)c3[nH]1)CCC2=O. The molecule has 3 fully saturated rings. The Bertz CT molecular complexity index is 5750. The number of ketones is 3. The van der Waals surface area contributed by atoms with E-state index in [0.29, 0.717) is 163 Å². The largest absolute Gasteiger partial charge is 0.382 e. The van der Waals surface area contributed by atoms with Crippen molar-refractivity contribution in [2.45, 2.75) is 151 Å². The number of hydrogen-bond donors (Lipinski definition) is 5. The molecular weight excluding hydrogens is 1580 g/mol. The van der Waals surface area contributed by atoms with Crippen LogP contribution in [0.5, 0.6) is 0 Å². The second-order valence-electron chi connectivity index (χ2n) is 29.8. The second kappa shape index (κ2) is 38.9. The third-order valence-corrected chi connectivity index (χ3v) is 26.0. The lowest BCUT2D eigenvalue weighted by Crippen LogP contribution is -2.32. The number of nitrogens with zero attached hydrogens (tertiary/aromatic N) is 18. The third-order valence-electron chi connectivity index (χ3n) is 21.7. The van der Waals surface area contributed by atoms with Gasteiger partial charge in [0, 0.05) is 131 Å². The molecule has 0 spiro atoms. The molecule has 10 aromatic rings. The van der Waals surface area contributed by atoms with Crippen molar-refractivity contribution in [2.75, 3.05) is 85.5 Å². The van der Waals surface area contributed by atoms with Crippen LogP contribution in [0.3, 0.4) is 0 Å². The number of aryl methyl sites for hydroxylation is 6. The molecule has 36 heteroatoms. The number of fused-ring (bicyclic) bond motifs is 6. The fraction of sp³-hybridized carbons (Fsp3) is 0.390. The standard InChI is InChI=1S/2C23H23N7O2S.C15H10N6OS.C15H21NO4S.C6H14N2/c24-11-16-9-17-15(1-2-18(17)32)10-19(16)33-23-27-20-21(25)26-12-30(22(20)28-23)8-5-14-3-6-29(13-31)7-4-14;24-11-16-9-17-15(1-2-18(17)32)10-19(16)33-23-28-20-21(25)26-12-27-22(20)30(23)8-5-14-3-6-29(13-31)7-4-14;16-5-8-3-9-7(1-2-10(9)22)4-11(8)23-15-20-12-13(17)18-6-19-14(12)21-15;1-13-2-4-15(5-3-13)21(18,19)20-11-8-14-6-9-16(12-17)10-7-14;1-6(7(2)3)8(4)5/h9-10,12-14,25H,1-8H2,(H,27,28);9-10,12-14H,1-8H2,(H2,25,26,27);3-4,6H,1-2H2,(H3,17,18,19,20,21);2-5,12,14H,6-11H2,1H3;1H2,2-5H3. The highest BCUT2D eigenvalue weighted by Crippen LogP contribution is 2.40. The van der Waals surface area contributed by atoms with Gasteiger partial charge in [-0.1, -0.05) is 59.6 Å². The first kappa shape index (κ1) is 85.5. The fourth-order valence-corrected chi connectivity index (χ4v) is 18.4. The Hall–Kier alpha value is -11.9. The normalized spacial score (nSPS) is 15.2. The molecule has 0 radical (unpaired) electrons. The number of hydrogen-bond acceptors (Lipinski definition) is 28. The number of aromatic nitrogens is 12. The average molecular weight is 1670 g/mol. The summed E-state index contributed by atoms with van der Waals surface area (Å²) in [6.07, 6.45) is 19.1. The molecule has 0 bridgehead atoms. The summed E-state index contributed by atoms with van der Waals surface area (Å²) >= 11 is 4.05. The zero-order valence-corrected chi connectivity index (χ0v) is 69.4. The number of aromatic amines is 2. The molecule has 612 valence electrons. The molecule has 3 aliphatic heterocycles. The quantitative estimate of drug-likeness (QED) is 0.0311. The number of benzene rings is 4. The van der Waals surface area contributed by atoms with Crippen molar-refractivity contribution in [3.05, 3.63) is 153 Å². The number of carbonyl (C=O) groups excluding carboxylic acids is 6. The lowest BCUT2D eigenvalue weighted by molar-refractivity contribution is -0.120. The smallest absolute Gasteiger partial charge is 0.296 e. The van der Waals surface area contributed by atoms with Crippen LogP contribution in [0.15, 0.2) is 127 Å². The van der Waals surface area contributed by atoms with Gasteiger partial charge in [0.15, 0.2) is 72.4 Å². The van der Waals surface area contributed by atoms with Crippen molar-refractivity contribution in [2.24, 2.45) is 17.8 Å². The Morgan fingerprint density at radius 1 is 0.585 bits per heavy atom. The topological polar surface area (TPSA) is 454 Å². The van der Waals surface area contributed by atoms with E-state index in [4.69, 9.17) is 31.0 Å². The maximum absolute atomic E-state index is 12.1. The number of anilines is 2. The number of carbonyl (C=O) groups is 6. The minimum Gasteiger partial charge on any atom is -0.382 e. The molecule has 3 aliphatic carbocycles. The number of imidazole rings is 3. The molecule has 9 heterocycles. The summed E-state index contributed by atoms with van der Waals surface area (Å²) in [4.78, 5) is 121. The van der Waals surface area contributed by atoms with Crippen LogP contribution < -0.4 is 17.0 Å². The number of nitrogens with two attached hydrogens (primary N) is 2. The molecule has 0 atom stereocenters. The van der Waals surface area contributed by atoms with Crippen molar-refractivity contribution in [1.82, 2.24) is 83.5 Å². The summed E-state index contributed by atoms with van der Waals surface area (Å²) in [6.45, 7) is 12.0. The number of H-pyrrole nitrogens is 2. The van der Waals surface area contributed by atoms with Gasteiger partial charge in [0.1, 0.15) is 41.9 Å². The Morgan fingerprint density at radius 3 is 1.50 bits per heavy atom. The van der Waals surface area contributed by atoms with Crippen LogP contribution in [0.1, 0.15) is 147 Å². The average Bonchev–Trinajstić information content (AvgIpc) is 1.62. The van der Waals surface area contributed by atoms with Gasteiger partial charge >= 0.3 is 0 Å². The molecule has 7 N–H and O–H groups in total. The van der Waals surface area contributed by atoms with Gasteiger partial charge in [0.25, 0.3) is 10.1 Å². The van der Waals surface area contributed by atoms with Gasteiger partial charge in [-0.15, -0.1) is 0 Å². The molecule has 32 nitrogen and oxygen atoms in total. The Labute approximate surface area is 694 Å². The number of amides is 3. The zero-order valence-electron chi connectivity index (χ0n) is 66.2. The van der Waals surface area contributed by atoms with Gasteiger partial charge in [0.2, 0.25) is 19.2 Å². The number of rotatable bonds is 22. The van der Waals surface area contributed by atoms with Gasteiger partial charge < -0.3 is 55.1 Å². The van der Waals surface area contributed by atoms with E-state index in [0.717, 1.165) is 159 Å². The predicted octanol–water partition coefficient (Wildman–Crippen LogP) is 10.1. The van der Waals surface area contributed by atoms with E-state index in [1.165, 1.54) is 47.9 Å². The van der Waals surface area contributed by atoms with Crippen LogP contribution in [0.2, 0.25) is 0 Å². The molecule has 3 saturated heterocycles. The van der Waals surface area contributed by atoms with Gasteiger partial charge in [0.05, 0.1) is 40.3 Å². The number of nitrogens with one attached hydrogen (secondary N) is 3. The van der Waals surface area contributed by atoms with E-state index >= 15 is 0 Å². The first-order valence-electron chi connectivity index (χ1n) is 38.7. The van der Waals surface area contributed by atoms with Gasteiger partial charge in [-0.05, 0) is 167 Å². The first-order valence-corrected chi connectivity index (χ1v) is 42.5. The van der Waals surface area contributed by atoms with E-state index in [-0.39, 0.29) is 34.3 Å². The van der Waals surface area contributed by atoms with E-state index in [1.807, 2.05) is 82.0 Å². The summed E-state index contributed by atoms with van der Waals surface area (Å²) in [5.41, 5.74) is 22.8. The molecule has 118 heavy (non-hydrogen) atoms. The van der Waals surface area contributed by atoms with Crippen molar-refractivity contribution < 1.29 is 41.4 Å². The van der Waals surface area contributed by atoms with Crippen molar-refractivity contribution >= 4 is 127 Å². The maximum atomic E-state index is 12.1. The molecule has 6 aliphatic rings. The summed E-state index contributed by atoms with van der Waals surface area (Å²) < 4.78 is 33.1. The molecule has 4 aromatic carbocycles. The monoisotopic (exact) mass is 1670 g/mol. The second-order valence-corrected chi connectivity index (χ2v) is 34.5. The van der Waals surface area contributed by atoms with E-state index < -0.39 is 10.1 Å². The highest BCUT2D eigenvalue weighted by molar-refractivity contribution is 7.99. The molecule has 0 unspecified atom stereocenters. The Morgan fingerprint density at radius 2 is 1.03 bits per heavy atom. The van der Waals surface area contributed by atoms with Crippen molar-refractivity contribution in [1.29, 1.82) is 21.2 Å². The summed E-state index contributed by atoms with van der Waals surface area (Å²) in [6, 6.07) is 24.0. The number of Topliss-reactive ketones (excluding diaryl/α,β-unsaturated/α-hetero) is 3. The van der Waals surface area contributed by atoms with Crippen LogP contribution in [0.4, 0.5) is 11.6 Å². The van der Waals surface area contributed by atoms with Crippen LogP contribution in [-0.2, 0) is 61.0 Å². The number of nitriles is 3. The lowest BCUT2D eigenvalue weighted by atomic mass is 9.94. The predicted molar refractivity (Wildman–Crippen MR) is 443 cm³/mol. The van der Waals surface area contributed by atoms with Crippen LogP contribution in [-0.4, -0.2) is 203 Å². The van der Waals surface area contributed by atoms with E-state index in [1.54, 1.807) is 53.7 Å². The van der Waals surface area contributed by atoms with Crippen molar-refractivity contribution in [3.63, 3.8) is 0 Å². The molecular formula is C82H91N23O9S4.